The van der Waals surface area contributed by atoms with Crippen molar-refractivity contribution in [3.05, 3.63) is 33.9 Å². The predicted molar refractivity (Wildman–Crippen MR) is 72.8 cm³/mol. The fraction of sp³-hybridized carbons (Fsp3) is 0.571. The summed E-state index contributed by atoms with van der Waals surface area (Å²) in [6.07, 6.45) is 2.28. The molecule has 1 aliphatic carbocycles. The van der Waals surface area contributed by atoms with E-state index in [-0.39, 0.29) is 10.6 Å². The Morgan fingerprint density at radius 1 is 1.33 bits per heavy atom. The first-order valence-corrected chi connectivity index (χ1v) is 6.51. The van der Waals surface area contributed by atoms with Crippen molar-refractivity contribution in [1.29, 1.82) is 0 Å². The molecule has 0 spiro atoms. The normalized spacial score (nSPS) is 27.2. The summed E-state index contributed by atoms with van der Waals surface area (Å²) in [6, 6.07) is 5.57. The molecule has 4 heteroatoms. The third-order valence-corrected chi connectivity index (χ3v) is 4.24. The van der Waals surface area contributed by atoms with Crippen LogP contribution in [0.25, 0.3) is 0 Å². The molecule has 0 aromatic heterocycles. The van der Waals surface area contributed by atoms with Crippen LogP contribution >= 0.6 is 0 Å². The molecule has 0 amide bonds. The van der Waals surface area contributed by atoms with E-state index >= 15 is 0 Å². The van der Waals surface area contributed by atoms with Crippen LogP contribution in [0.5, 0.6) is 0 Å². The van der Waals surface area contributed by atoms with Crippen molar-refractivity contribution in [2.24, 2.45) is 11.8 Å². The Hall–Kier alpha value is -1.58. The summed E-state index contributed by atoms with van der Waals surface area (Å²) < 4.78 is 0. The van der Waals surface area contributed by atoms with Crippen LogP contribution in [0, 0.1) is 28.9 Å². The second kappa shape index (κ2) is 4.96. The molecule has 0 heterocycles. The highest BCUT2D eigenvalue weighted by Crippen LogP contribution is 2.36. The van der Waals surface area contributed by atoms with Gasteiger partial charge in [0.25, 0.3) is 5.69 Å². The highest BCUT2D eigenvalue weighted by atomic mass is 16.6. The zero-order valence-electron chi connectivity index (χ0n) is 11.1. The first kappa shape index (κ1) is 12.9. The third-order valence-electron chi connectivity index (χ3n) is 4.24. The number of nitrogens with one attached hydrogen (secondary N) is 1. The van der Waals surface area contributed by atoms with E-state index in [1.165, 1.54) is 6.42 Å². The summed E-state index contributed by atoms with van der Waals surface area (Å²) in [5.41, 5.74) is 1.81. The first-order chi connectivity index (χ1) is 8.50. The molecule has 0 aliphatic heterocycles. The molecule has 1 fully saturated rings. The molecule has 18 heavy (non-hydrogen) atoms. The van der Waals surface area contributed by atoms with Gasteiger partial charge >= 0.3 is 0 Å². The van der Waals surface area contributed by atoms with Crippen LogP contribution in [0.3, 0.4) is 0 Å². The van der Waals surface area contributed by atoms with Crippen LogP contribution in [-0.2, 0) is 0 Å². The van der Waals surface area contributed by atoms with E-state index in [2.05, 4.69) is 19.2 Å². The highest BCUT2D eigenvalue weighted by molar-refractivity contribution is 5.66. The van der Waals surface area contributed by atoms with E-state index in [4.69, 9.17) is 0 Å². The van der Waals surface area contributed by atoms with Crippen LogP contribution in [0.1, 0.15) is 32.3 Å². The lowest BCUT2D eigenvalue weighted by molar-refractivity contribution is -0.384. The largest absolute Gasteiger partial charge is 0.376 e. The number of aryl methyl sites for hydroxylation is 1. The number of nitrogens with zero attached hydrogens (tertiary/aromatic N) is 1. The Bertz CT molecular complexity index is 459. The van der Waals surface area contributed by atoms with E-state index in [9.17, 15) is 10.1 Å². The Kier molecular flexibility index (Phi) is 3.55. The summed E-state index contributed by atoms with van der Waals surface area (Å²) in [5, 5.41) is 14.5. The summed E-state index contributed by atoms with van der Waals surface area (Å²) in [5.74, 6) is 1.25. The van der Waals surface area contributed by atoms with Crippen molar-refractivity contribution >= 4 is 11.4 Å². The molecule has 3 atom stereocenters. The minimum Gasteiger partial charge on any atom is -0.376 e. The van der Waals surface area contributed by atoms with Gasteiger partial charge in [-0.25, -0.2) is 0 Å². The Morgan fingerprint density at radius 2 is 2.06 bits per heavy atom. The Morgan fingerprint density at radius 3 is 2.61 bits per heavy atom. The summed E-state index contributed by atoms with van der Waals surface area (Å²) >= 11 is 0. The number of rotatable bonds is 3. The maximum atomic E-state index is 11.1. The van der Waals surface area contributed by atoms with E-state index in [0.29, 0.717) is 23.6 Å². The lowest BCUT2D eigenvalue weighted by Gasteiger charge is -2.21. The van der Waals surface area contributed by atoms with Gasteiger partial charge in [-0.1, -0.05) is 26.0 Å². The predicted octanol–water partition coefficient (Wildman–Crippen LogP) is 3.75. The van der Waals surface area contributed by atoms with Crippen molar-refractivity contribution in [3.63, 3.8) is 0 Å². The summed E-state index contributed by atoms with van der Waals surface area (Å²) in [4.78, 5) is 10.8. The topological polar surface area (TPSA) is 55.2 Å². The average molecular weight is 248 g/mol. The molecule has 0 saturated heterocycles. The number of nitro benzene ring substituents is 1. The average Bonchev–Trinajstić information content (AvgIpc) is 2.63. The van der Waals surface area contributed by atoms with Gasteiger partial charge in [0.05, 0.1) is 4.92 Å². The van der Waals surface area contributed by atoms with E-state index in [0.717, 1.165) is 12.0 Å². The Labute approximate surface area is 108 Å². The van der Waals surface area contributed by atoms with Crippen LogP contribution in [0.2, 0.25) is 0 Å². The molecular formula is C14H20N2O2. The number of hydrogen-bond acceptors (Lipinski definition) is 3. The molecule has 0 bridgehead atoms. The molecule has 1 saturated carbocycles. The van der Waals surface area contributed by atoms with Crippen molar-refractivity contribution < 1.29 is 4.92 Å². The third kappa shape index (κ3) is 2.33. The molecule has 1 aromatic rings. The second-order valence-electron chi connectivity index (χ2n) is 5.39. The molecule has 2 rings (SSSR count). The molecule has 1 aromatic carbocycles. The molecule has 3 unspecified atom stereocenters. The minimum atomic E-state index is -0.307. The second-order valence-corrected chi connectivity index (χ2v) is 5.39. The molecule has 1 aliphatic rings. The van der Waals surface area contributed by atoms with Gasteiger partial charge in [0.2, 0.25) is 0 Å². The first-order valence-electron chi connectivity index (χ1n) is 6.51. The van der Waals surface area contributed by atoms with Crippen molar-refractivity contribution in [3.8, 4) is 0 Å². The van der Waals surface area contributed by atoms with Gasteiger partial charge in [-0.3, -0.25) is 10.1 Å². The zero-order valence-corrected chi connectivity index (χ0v) is 11.1. The number of anilines is 1. The van der Waals surface area contributed by atoms with Crippen molar-refractivity contribution in [2.75, 3.05) is 5.32 Å². The van der Waals surface area contributed by atoms with E-state index < -0.39 is 0 Å². The summed E-state index contributed by atoms with van der Waals surface area (Å²) in [7, 11) is 0. The van der Waals surface area contributed by atoms with Gasteiger partial charge < -0.3 is 5.32 Å². The monoisotopic (exact) mass is 248 g/mol. The standard InChI is InChI=1S/C14H20N2O2/c1-9-7-8-12(11(9)3)15-14-10(2)5-4-6-13(14)16(17)18/h4-6,9,11-12,15H,7-8H2,1-3H3. The van der Waals surface area contributed by atoms with Crippen LogP contribution in [0.4, 0.5) is 11.4 Å². The van der Waals surface area contributed by atoms with Crippen molar-refractivity contribution in [2.45, 2.75) is 39.7 Å². The number of nitro groups is 1. The lowest BCUT2D eigenvalue weighted by atomic mass is 9.97. The van der Waals surface area contributed by atoms with Gasteiger partial charge in [0.15, 0.2) is 0 Å². The molecule has 0 radical (unpaired) electrons. The molecule has 4 nitrogen and oxygen atoms in total. The van der Waals surface area contributed by atoms with Gasteiger partial charge in [-0.15, -0.1) is 0 Å². The smallest absolute Gasteiger partial charge is 0.292 e. The minimum absolute atomic E-state index is 0.182. The highest BCUT2D eigenvalue weighted by Gasteiger charge is 2.31. The number of para-hydroxylation sites is 1. The fourth-order valence-electron chi connectivity index (χ4n) is 2.75. The number of benzene rings is 1. The van der Waals surface area contributed by atoms with Gasteiger partial charge in [-0.05, 0) is 37.2 Å². The maximum absolute atomic E-state index is 11.1. The lowest BCUT2D eigenvalue weighted by Crippen LogP contribution is -2.24. The molecule has 98 valence electrons. The fourth-order valence-corrected chi connectivity index (χ4v) is 2.75. The van der Waals surface area contributed by atoms with Gasteiger partial charge in [0.1, 0.15) is 5.69 Å². The van der Waals surface area contributed by atoms with E-state index in [1.54, 1.807) is 12.1 Å². The summed E-state index contributed by atoms with van der Waals surface area (Å²) in [6.45, 7) is 6.39. The SMILES string of the molecule is Cc1cccc([N+](=O)[O-])c1NC1CCC(C)C1C. The van der Waals surface area contributed by atoms with Crippen LogP contribution in [-0.4, -0.2) is 11.0 Å². The molecular weight excluding hydrogens is 228 g/mol. The van der Waals surface area contributed by atoms with E-state index in [1.807, 2.05) is 13.0 Å². The zero-order chi connectivity index (χ0) is 13.3. The molecule has 1 N–H and O–H groups in total. The quantitative estimate of drug-likeness (QED) is 0.654. The van der Waals surface area contributed by atoms with Crippen LogP contribution < -0.4 is 5.32 Å². The Balaban J connectivity index is 2.26. The van der Waals surface area contributed by atoms with Gasteiger partial charge in [0, 0.05) is 12.1 Å². The van der Waals surface area contributed by atoms with Crippen molar-refractivity contribution in [1.82, 2.24) is 0 Å². The number of hydrogen-bond donors (Lipinski definition) is 1. The van der Waals surface area contributed by atoms with Crippen LogP contribution in [0.15, 0.2) is 18.2 Å². The maximum Gasteiger partial charge on any atom is 0.292 e. The van der Waals surface area contributed by atoms with Gasteiger partial charge in [-0.2, -0.15) is 0 Å².